The van der Waals surface area contributed by atoms with E-state index in [1.54, 1.807) is 0 Å². The minimum atomic E-state index is -0.204. The number of hydrogen-bond donors (Lipinski definition) is 1. The Morgan fingerprint density at radius 1 is 1.22 bits per heavy atom. The molecule has 1 amide bonds. The molecule has 2 rings (SSSR count). The van der Waals surface area contributed by atoms with Crippen LogP contribution in [0.3, 0.4) is 0 Å². The van der Waals surface area contributed by atoms with Gasteiger partial charge in [-0.1, -0.05) is 29.8 Å². The van der Waals surface area contributed by atoms with Crippen molar-refractivity contribution in [1.29, 1.82) is 0 Å². The van der Waals surface area contributed by atoms with Gasteiger partial charge in [-0.05, 0) is 73.2 Å². The average Bonchev–Trinajstić information content (AvgIpc) is 2.54. The molecule has 1 atom stereocenters. The van der Waals surface area contributed by atoms with Gasteiger partial charge in [0.1, 0.15) is 0 Å². The first-order valence-electron chi connectivity index (χ1n) is 7.29. The van der Waals surface area contributed by atoms with E-state index >= 15 is 0 Å². The van der Waals surface area contributed by atoms with Crippen LogP contribution in [0.15, 0.2) is 58.5 Å². The van der Waals surface area contributed by atoms with E-state index in [1.165, 1.54) is 17.3 Å². The predicted octanol–water partition coefficient (Wildman–Crippen LogP) is 4.62. The number of benzene rings is 2. The van der Waals surface area contributed by atoms with Crippen molar-refractivity contribution in [3.63, 3.8) is 0 Å². The average molecular weight is 438 g/mol. The summed E-state index contributed by atoms with van der Waals surface area (Å²) in [6.45, 7) is 5.83. The van der Waals surface area contributed by atoms with Crippen LogP contribution in [0.5, 0.6) is 0 Å². The van der Waals surface area contributed by atoms with Crippen LogP contribution < -0.4 is 5.43 Å². The first-order valence-corrected chi connectivity index (χ1v) is 9.25. The smallest absolute Gasteiger partial charge is 0.253 e. The number of halogens is 1. The number of amides is 1. The largest absolute Gasteiger partial charge is 0.272 e. The molecule has 3 nitrogen and oxygen atoms in total. The third kappa shape index (κ3) is 5.66. The quantitative estimate of drug-likeness (QED) is 0.320. The maximum atomic E-state index is 12.2. The van der Waals surface area contributed by atoms with Crippen LogP contribution in [-0.2, 0) is 4.79 Å². The number of nitrogens with one attached hydrogen (secondary N) is 1. The molecule has 0 aliphatic rings. The van der Waals surface area contributed by atoms with Crippen LogP contribution in [0.1, 0.15) is 25.0 Å². The molecule has 1 N–H and O–H groups in total. The van der Waals surface area contributed by atoms with E-state index in [9.17, 15) is 4.79 Å². The Morgan fingerprint density at radius 3 is 2.57 bits per heavy atom. The molecule has 0 unspecified atom stereocenters. The minimum absolute atomic E-state index is 0.0967. The van der Waals surface area contributed by atoms with Gasteiger partial charge in [0.25, 0.3) is 5.91 Å². The molecule has 0 saturated heterocycles. The third-order valence-corrected chi connectivity index (χ3v) is 5.06. The summed E-state index contributed by atoms with van der Waals surface area (Å²) < 4.78 is 1.14. The molecule has 0 radical (unpaired) electrons. The van der Waals surface area contributed by atoms with Gasteiger partial charge in [0.15, 0.2) is 0 Å². The van der Waals surface area contributed by atoms with Crippen molar-refractivity contribution in [2.75, 3.05) is 0 Å². The summed E-state index contributed by atoms with van der Waals surface area (Å²) in [6, 6.07) is 16.2. The summed E-state index contributed by atoms with van der Waals surface area (Å²) in [5, 5.41) is 4.01. The van der Waals surface area contributed by atoms with Gasteiger partial charge in [0.05, 0.1) is 11.0 Å². The molecule has 0 aliphatic heterocycles. The van der Waals surface area contributed by atoms with Gasteiger partial charge < -0.3 is 0 Å². The SMILES string of the molecule is C/C(=N/NC(=O)[C@@H](C)Sc1ccc(C)cc1)c1cccc(I)c1. The second-order valence-electron chi connectivity index (χ2n) is 5.26. The van der Waals surface area contributed by atoms with Gasteiger partial charge >= 0.3 is 0 Å². The van der Waals surface area contributed by atoms with Crippen LogP contribution >= 0.6 is 34.4 Å². The topological polar surface area (TPSA) is 41.5 Å². The summed E-state index contributed by atoms with van der Waals surface area (Å²) in [5.41, 5.74) is 5.68. The number of nitrogens with zero attached hydrogens (tertiary/aromatic N) is 1. The molecule has 0 heterocycles. The van der Waals surface area contributed by atoms with Crippen LogP contribution in [0.4, 0.5) is 0 Å². The number of carbonyl (C=O) groups excluding carboxylic acids is 1. The third-order valence-electron chi connectivity index (χ3n) is 3.28. The van der Waals surface area contributed by atoms with E-state index in [0.717, 1.165) is 19.7 Å². The van der Waals surface area contributed by atoms with Crippen molar-refractivity contribution in [2.24, 2.45) is 5.10 Å². The molecular formula is C18H19IN2OS. The highest BCUT2D eigenvalue weighted by Gasteiger charge is 2.14. The summed E-state index contributed by atoms with van der Waals surface area (Å²) in [7, 11) is 0. The van der Waals surface area contributed by atoms with Crippen LogP contribution in [0, 0.1) is 10.5 Å². The van der Waals surface area contributed by atoms with E-state index in [1.807, 2.05) is 69.3 Å². The zero-order valence-corrected chi connectivity index (χ0v) is 16.3. The first kappa shape index (κ1) is 18.0. The Balaban J connectivity index is 1.95. The zero-order chi connectivity index (χ0) is 16.8. The van der Waals surface area contributed by atoms with E-state index < -0.39 is 0 Å². The highest BCUT2D eigenvalue weighted by Crippen LogP contribution is 2.23. The van der Waals surface area contributed by atoms with Crippen molar-refractivity contribution in [3.8, 4) is 0 Å². The molecule has 0 bridgehead atoms. The zero-order valence-electron chi connectivity index (χ0n) is 13.3. The molecule has 0 fully saturated rings. The van der Waals surface area contributed by atoms with Gasteiger partial charge in [-0.2, -0.15) is 5.10 Å². The van der Waals surface area contributed by atoms with Crippen molar-refractivity contribution in [1.82, 2.24) is 5.43 Å². The molecule has 0 aromatic heterocycles. The normalized spacial score (nSPS) is 12.8. The fraction of sp³-hybridized carbons (Fsp3) is 0.222. The Kier molecular flexibility index (Phi) is 6.65. The van der Waals surface area contributed by atoms with Crippen LogP contribution in [0.25, 0.3) is 0 Å². The second-order valence-corrected chi connectivity index (χ2v) is 7.92. The minimum Gasteiger partial charge on any atom is -0.272 e. The second kappa shape index (κ2) is 8.49. The molecule has 2 aromatic carbocycles. The van der Waals surface area contributed by atoms with Crippen molar-refractivity contribution in [2.45, 2.75) is 30.9 Å². The fourth-order valence-corrected chi connectivity index (χ4v) is 3.29. The summed E-state index contributed by atoms with van der Waals surface area (Å²) in [4.78, 5) is 13.3. The van der Waals surface area contributed by atoms with E-state index in [4.69, 9.17) is 0 Å². The highest BCUT2D eigenvalue weighted by atomic mass is 127. The van der Waals surface area contributed by atoms with Gasteiger partial charge in [-0.3, -0.25) is 4.79 Å². The maximum Gasteiger partial charge on any atom is 0.253 e. The van der Waals surface area contributed by atoms with Crippen molar-refractivity contribution in [3.05, 3.63) is 63.2 Å². The molecule has 0 saturated carbocycles. The van der Waals surface area contributed by atoms with Gasteiger partial charge in [-0.15, -0.1) is 11.8 Å². The Morgan fingerprint density at radius 2 is 1.91 bits per heavy atom. The van der Waals surface area contributed by atoms with E-state index in [2.05, 4.69) is 33.1 Å². The monoisotopic (exact) mass is 438 g/mol. The Labute approximate surface area is 155 Å². The summed E-state index contributed by atoms with van der Waals surface area (Å²) in [5.74, 6) is -0.0967. The Bertz CT molecular complexity index is 713. The number of thioether (sulfide) groups is 1. The lowest BCUT2D eigenvalue weighted by atomic mass is 10.1. The lowest BCUT2D eigenvalue weighted by molar-refractivity contribution is -0.120. The number of hydrazone groups is 1. The molecular weight excluding hydrogens is 419 g/mol. The molecule has 0 aliphatic carbocycles. The number of carbonyl (C=O) groups is 1. The van der Waals surface area contributed by atoms with Crippen molar-refractivity contribution < 1.29 is 4.79 Å². The van der Waals surface area contributed by atoms with Crippen LogP contribution in [-0.4, -0.2) is 16.9 Å². The Hall–Kier alpha value is -1.34. The summed E-state index contributed by atoms with van der Waals surface area (Å²) >= 11 is 3.79. The van der Waals surface area contributed by atoms with E-state index in [-0.39, 0.29) is 11.2 Å². The number of rotatable bonds is 5. The number of hydrogen-bond acceptors (Lipinski definition) is 3. The van der Waals surface area contributed by atoms with Crippen LogP contribution in [0.2, 0.25) is 0 Å². The van der Waals surface area contributed by atoms with Crippen molar-refractivity contribution >= 4 is 46.0 Å². The molecule has 120 valence electrons. The summed E-state index contributed by atoms with van der Waals surface area (Å²) in [6.07, 6.45) is 0. The van der Waals surface area contributed by atoms with E-state index in [0.29, 0.717) is 0 Å². The molecule has 5 heteroatoms. The van der Waals surface area contributed by atoms with Gasteiger partial charge in [-0.25, -0.2) is 5.43 Å². The van der Waals surface area contributed by atoms with Gasteiger partial charge in [0, 0.05) is 8.47 Å². The predicted molar refractivity (Wildman–Crippen MR) is 106 cm³/mol. The lowest BCUT2D eigenvalue weighted by Crippen LogP contribution is -2.27. The molecule has 2 aromatic rings. The molecule has 0 spiro atoms. The highest BCUT2D eigenvalue weighted by molar-refractivity contribution is 14.1. The molecule has 23 heavy (non-hydrogen) atoms. The van der Waals surface area contributed by atoms with Gasteiger partial charge in [0.2, 0.25) is 0 Å². The number of aryl methyl sites for hydroxylation is 1. The maximum absolute atomic E-state index is 12.2. The standard InChI is InChI=1S/C18H19IN2OS/c1-12-7-9-17(10-8-12)23-14(3)18(22)21-20-13(2)15-5-4-6-16(19)11-15/h4-11,14H,1-3H3,(H,21,22)/b20-13-/t14-/m1/s1. The lowest BCUT2D eigenvalue weighted by Gasteiger charge is -2.10. The first-order chi connectivity index (χ1) is 11.0. The fourth-order valence-electron chi connectivity index (χ4n) is 1.88.